The highest BCUT2D eigenvalue weighted by atomic mass is 32.2. The van der Waals surface area contributed by atoms with E-state index in [1.165, 1.54) is 22.6 Å². The second kappa shape index (κ2) is 5.83. The smallest absolute Gasteiger partial charge is 0.161 e. The molecule has 1 aromatic carbocycles. The van der Waals surface area contributed by atoms with Gasteiger partial charge in [0.15, 0.2) is 5.82 Å². The van der Waals surface area contributed by atoms with Crippen LogP contribution in [0.2, 0.25) is 0 Å². The molecule has 0 saturated heterocycles. The number of nitrogens with one attached hydrogen (secondary N) is 1. The molecule has 20 heavy (non-hydrogen) atoms. The van der Waals surface area contributed by atoms with Gasteiger partial charge in [-0.25, -0.2) is 9.97 Å². The Hall–Kier alpha value is -1.55. The van der Waals surface area contributed by atoms with Gasteiger partial charge in [0, 0.05) is 28.8 Å². The Kier molecular flexibility index (Phi) is 3.92. The van der Waals surface area contributed by atoms with Crippen molar-refractivity contribution in [3.05, 3.63) is 35.5 Å². The van der Waals surface area contributed by atoms with Crippen LogP contribution in [0.5, 0.6) is 0 Å². The molecule has 104 valence electrons. The Morgan fingerprint density at radius 1 is 1.15 bits per heavy atom. The van der Waals surface area contributed by atoms with Crippen LogP contribution in [0.4, 0.5) is 5.82 Å². The first-order valence-electron chi connectivity index (χ1n) is 7.12. The van der Waals surface area contributed by atoms with Gasteiger partial charge in [0.25, 0.3) is 0 Å². The second-order valence-electron chi connectivity index (χ2n) is 4.88. The van der Waals surface area contributed by atoms with Gasteiger partial charge < -0.3 is 5.32 Å². The van der Waals surface area contributed by atoms with E-state index in [9.17, 15) is 0 Å². The van der Waals surface area contributed by atoms with Crippen molar-refractivity contribution >= 4 is 17.6 Å². The van der Waals surface area contributed by atoms with Crippen molar-refractivity contribution in [1.29, 1.82) is 0 Å². The predicted molar refractivity (Wildman–Crippen MR) is 85.4 cm³/mol. The predicted octanol–water partition coefficient (Wildman–Crippen LogP) is 3.79. The highest BCUT2D eigenvalue weighted by Crippen LogP contribution is 2.29. The summed E-state index contributed by atoms with van der Waals surface area (Å²) in [7, 11) is 1.94. The lowest BCUT2D eigenvalue weighted by Gasteiger charge is -2.10. The van der Waals surface area contributed by atoms with Crippen LogP contribution in [0.25, 0.3) is 11.4 Å². The summed E-state index contributed by atoms with van der Waals surface area (Å²) in [5.74, 6) is 2.93. The van der Waals surface area contributed by atoms with Crippen LogP contribution in [0, 0.1) is 0 Å². The van der Waals surface area contributed by atoms with Crippen molar-refractivity contribution in [3.63, 3.8) is 0 Å². The lowest BCUT2D eigenvalue weighted by Crippen LogP contribution is -2.03. The number of hydrogen-bond donors (Lipinski definition) is 1. The van der Waals surface area contributed by atoms with E-state index in [1.54, 1.807) is 0 Å². The van der Waals surface area contributed by atoms with Gasteiger partial charge in [-0.2, -0.15) is 0 Å². The zero-order chi connectivity index (χ0) is 13.9. The minimum Gasteiger partial charge on any atom is -0.373 e. The zero-order valence-corrected chi connectivity index (χ0v) is 12.8. The normalized spacial score (nSPS) is 13.3. The molecule has 1 aliphatic carbocycles. The lowest BCUT2D eigenvalue weighted by molar-refractivity contribution is 0.900. The van der Waals surface area contributed by atoms with Gasteiger partial charge in [-0.3, -0.25) is 0 Å². The van der Waals surface area contributed by atoms with Crippen LogP contribution in [0.15, 0.2) is 29.2 Å². The van der Waals surface area contributed by atoms with Crippen LogP contribution < -0.4 is 5.32 Å². The highest BCUT2D eigenvalue weighted by molar-refractivity contribution is 7.99. The van der Waals surface area contributed by atoms with Crippen LogP contribution in [-0.2, 0) is 12.8 Å². The fraction of sp³-hybridized carbons (Fsp3) is 0.375. The molecule has 3 nitrogen and oxygen atoms in total. The number of anilines is 1. The summed E-state index contributed by atoms with van der Waals surface area (Å²) < 4.78 is 0. The summed E-state index contributed by atoms with van der Waals surface area (Å²) in [5, 5.41) is 3.21. The highest BCUT2D eigenvalue weighted by Gasteiger charge is 2.19. The molecule has 0 unspecified atom stereocenters. The SMILES string of the molecule is CCSc1ccc(-c2nc3c(c(NC)n2)CCC3)cc1. The Morgan fingerprint density at radius 2 is 1.95 bits per heavy atom. The number of aromatic nitrogens is 2. The first-order chi connectivity index (χ1) is 9.81. The molecule has 4 heteroatoms. The summed E-state index contributed by atoms with van der Waals surface area (Å²) in [6.07, 6.45) is 3.36. The molecular weight excluding hydrogens is 266 g/mol. The first kappa shape index (κ1) is 13.4. The number of thioether (sulfide) groups is 1. The fourth-order valence-corrected chi connectivity index (χ4v) is 3.30. The van der Waals surface area contributed by atoms with Gasteiger partial charge in [-0.15, -0.1) is 11.8 Å². The molecule has 1 N–H and O–H groups in total. The topological polar surface area (TPSA) is 37.8 Å². The van der Waals surface area contributed by atoms with Gasteiger partial charge in [-0.05, 0) is 37.1 Å². The number of aryl methyl sites for hydroxylation is 1. The molecule has 0 fully saturated rings. The van der Waals surface area contributed by atoms with Crippen molar-refractivity contribution in [2.75, 3.05) is 18.1 Å². The second-order valence-corrected chi connectivity index (χ2v) is 6.22. The Balaban J connectivity index is 1.97. The van der Waals surface area contributed by atoms with E-state index < -0.39 is 0 Å². The quantitative estimate of drug-likeness (QED) is 0.867. The maximum absolute atomic E-state index is 4.75. The monoisotopic (exact) mass is 285 g/mol. The van der Waals surface area contributed by atoms with Crippen LogP contribution >= 0.6 is 11.8 Å². The van der Waals surface area contributed by atoms with Gasteiger partial charge >= 0.3 is 0 Å². The summed E-state index contributed by atoms with van der Waals surface area (Å²) >= 11 is 1.85. The molecule has 1 aliphatic rings. The number of rotatable bonds is 4. The van der Waals surface area contributed by atoms with E-state index >= 15 is 0 Å². The minimum absolute atomic E-state index is 0.836. The van der Waals surface area contributed by atoms with E-state index in [4.69, 9.17) is 4.98 Å². The van der Waals surface area contributed by atoms with Crippen molar-refractivity contribution < 1.29 is 0 Å². The van der Waals surface area contributed by atoms with Crippen LogP contribution in [0.3, 0.4) is 0 Å². The minimum atomic E-state index is 0.836. The molecule has 0 spiro atoms. The third kappa shape index (κ3) is 2.52. The van der Waals surface area contributed by atoms with Gasteiger partial charge in [-0.1, -0.05) is 19.1 Å². The molecule has 0 amide bonds. The van der Waals surface area contributed by atoms with E-state index in [2.05, 4.69) is 41.5 Å². The maximum Gasteiger partial charge on any atom is 0.161 e. The molecule has 0 atom stereocenters. The van der Waals surface area contributed by atoms with Crippen molar-refractivity contribution in [2.24, 2.45) is 0 Å². The molecule has 0 bridgehead atoms. The summed E-state index contributed by atoms with van der Waals surface area (Å²) in [5.41, 5.74) is 3.61. The van der Waals surface area contributed by atoms with E-state index in [1.807, 2.05) is 18.8 Å². The van der Waals surface area contributed by atoms with E-state index in [0.29, 0.717) is 0 Å². The summed E-state index contributed by atoms with van der Waals surface area (Å²) in [6, 6.07) is 8.54. The first-order valence-corrected chi connectivity index (χ1v) is 8.11. The third-order valence-electron chi connectivity index (χ3n) is 3.59. The Morgan fingerprint density at radius 3 is 2.65 bits per heavy atom. The average Bonchev–Trinajstić information content (AvgIpc) is 2.95. The van der Waals surface area contributed by atoms with Crippen molar-refractivity contribution in [3.8, 4) is 11.4 Å². The molecular formula is C16H19N3S. The molecule has 0 aliphatic heterocycles. The summed E-state index contributed by atoms with van der Waals surface area (Å²) in [4.78, 5) is 10.7. The van der Waals surface area contributed by atoms with Crippen molar-refractivity contribution in [1.82, 2.24) is 9.97 Å². The molecule has 1 aromatic heterocycles. The molecule has 3 rings (SSSR count). The molecule has 0 radical (unpaired) electrons. The standard InChI is InChI=1S/C16H19N3S/c1-3-20-12-9-7-11(8-10-12)15-18-14-6-4-5-13(14)16(17-2)19-15/h7-10H,3-6H2,1-2H3,(H,17,18,19). The van der Waals surface area contributed by atoms with E-state index in [0.717, 1.165) is 35.8 Å². The summed E-state index contributed by atoms with van der Waals surface area (Å²) in [6.45, 7) is 2.17. The lowest BCUT2D eigenvalue weighted by atomic mass is 10.2. The molecule has 0 saturated carbocycles. The molecule has 1 heterocycles. The number of benzene rings is 1. The largest absolute Gasteiger partial charge is 0.373 e. The van der Waals surface area contributed by atoms with Gasteiger partial charge in [0.2, 0.25) is 0 Å². The van der Waals surface area contributed by atoms with Crippen LogP contribution in [0.1, 0.15) is 24.6 Å². The number of hydrogen-bond acceptors (Lipinski definition) is 4. The Bertz CT molecular complexity index is 608. The zero-order valence-electron chi connectivity index (χ0n) is 11.9. The fourth-order valence-electron chi connectivity index (χ4n) is 2.64. The van der Waals surface area contributed by atoms with Gasteiger partial charge in [0.05, 0.1) is 0 Å². The van der Waals surface area contributed by atoms with Gasteiger partial charge in [0.1, 0.15) is 5.82 Å². The average molecular weight is 285 g/mol. The van der Waals surface area contributed by atoms with Crippen molar-refractivity contribution in [2.45, 2.75) is 31.1 Å². The molecule has 2 aromatic rings. The Labute approximate surface area is 124 Å². The number of nitrogens with zero attached hydrogens (tertiary/aromatic N) is 2. The van der Waals surface area contributed by atoms with Crippen LogP contribution in [-0.4, -0.2) is 22.8 Å². The third-order valence-corrected chi connectivity index (χ3v) is 4.49. The van der Waals surface area contributed by atoms with E-state index in [-0.39, 0.29) is 0 Å². The number of fused-ring (bicyclic) bond motifs is 1. The maximum atomic E-state index is 4.75.